The fourth-order valence-corrected chi connectivity index (χ4v) is 2.54. The largest absolute Gasteiger partial charge is 0.395 e. The van der Waals surface area contributed by atoms with Crippen molar-refractivity contribution in [1.82, 2.24) is 4.90 Å². The number of nitrogens with zero attached hydrogens (tertiary/aromatic N) is 1. The lowest BCUT2D eigenvalue weighted by atomic mass is 10.1. The summed E-state index contributed by atoms with van der Waals surface area (Å²) in [7, 11) is 0. The molecule has 7 heteroatoms. The van der Waals surface area contributed by atoms with E-state index in [4.69, 9.17) is 24.4 Å². The molecular weight excluding hydrogens is 254 g/mol. The van der Waals surface area contributed by atoms with Crippen LogP contribution in [-0.2, 0) is 14.2 Å². The molecule has 0 aromatic heterocycles. The van der Waals surface area contributed by atoms with Crippen LogP contribution in [0.1, 0.15) is 13.8 Å². The Labute approximate surface area is 112 Å². The molecule has 112 valence electrons. The van der Waals surface area contributed by atoms with Crippen LogP contribution in [0.25, 0.3) is 0 Å². The van der Waals surface area contributed by atoms with Gasteiger partial charge in [0, 0.05) is 19.6 Å². The van der Waals surface area contributed by atoms with E-state index in [1.54, 1.807) is 13.8 Å². The maximum absolute atomic E-state index is 10.2. The molecule has 0 saturated carbocycles. The normalized spacial score (nSPS) is 36.9. The summed E-state index contributed by atoms with van der Waals surface area (Å²) in [5.41, 5.74) is 0. The molecule has 19 heavy (non-hydrogen) atoms. The molecule has 4 unspecified atom stereocenters. The molecule has 0 aromatic carbocycles. The fraction of sp³-hybridized carbons (Fsp3) is 1.00. The smallest absolute Gasteiger partial charge is 0.190 e. The van der Waals surface area contributed by atoms with Gasteiger partial charge in [0.2, 0.25) is 0 Å². The molecule has 3 N–H and O–H groups in total. The number of aliphatic hydroxyl groups excluding tert-OH is 3. The summed E-state index contributed by atoms with van der Waals surface area (Å²) in [5, 5.41) is 28.1. The van der Waals surface area contributed by atoms with Crippen molar-refractivity contribution in [3.05, 3.63) is 0 Å². The minimum absolute atomic E-state index is 0.00426. The van der Waals surface area contributed by atoms with Gasteiger partial charge in [-0.2, -0.15) is 0 Å². The molecular formula is C12H23NO6. The molecule has 7 nitrogen and oxygen atoms in total. The minimum Gasteiger partial charge on any atom is -0.395 e. The number of ether oxygens (including phenoxy) is 3. The van der Waals surface area contributed by atoms with Gasteiger partial charge in [-0.05, 0) is 13.8 Å². The van der Waals surface area contributed by atoms with Crippen LogP contribution in [-0.4, -0.2) is 83.5 Å². The molecule has 2 heterocycles. The summed E-state index contributed by atoms with van der Waals surface area (Å²) in [6, 6.07) is 0. The van der Waals surface area contributed by atoms with Gasteiger partial charge < -0.3 is 29.5 Å². The highest BCUT2D eigenvalue weighted by Gasteiger charge is 2.54. The Bertz CT molecular complexity index is 294. The van der Waals surface area contributed by atoms with Gasteiger partial charge in [-0.3, -0.25) is 4.90 Å². The Kier molecular flexibility index (Phi) is 4.78. The number of rotatable bonds is 6. The summed E-state index contributed by atoms with van der Waals surface area (Å²) in [6.45, 7) is 4.82. The summed E-state index contributed by atoms with van der Waals surface area (Å²) in [5.74, 6) is -0.739. The van der Waals surface area contributed by atoms with Gasteiger partial charge in [0.15, 0.2) is 12.1 Å². The average Bonchev–Trinajstić information content (AvgIpc) is 2.75. The third-order valence-corrected chi connectivity index (χ3v) is 3.39. The SMILES string of the molecule is CC1(C)OC2OC(CN(CCO)CCO)C(O)C2O1. The maximum Gasteiger partial charge on any atom is 0.190 e. The number of hydrogen-bond acceptors (Lipinski definition) is 7. The second kappa shape index (κ2) is 6.01. The molecule has 0 radical (unpaired) electrons. The highest BCUT2D eigenvalue weighted by Crippen LogP contribution is 2.37. The summed E-state index contributed by atoms with van der Waals surface area (Å²) in [6.07, 6.45) is -2.25. The zero-order valence-corrected chi connectivity index (χ0v) is 11.4. The van der Waals surface area contributed by atoms with Gasteiger partial charge in [-0.15, -0.1) is 0 Å². The van der Waals surface area contributed by atoms with Crippen molar-refractivity contribution in [2.45, 2.75) is 44.2 Å². The lowest BCUT2D eigenvalue weighted by Gasteiger charge is -2.27. The Balaban J connectivity index is 1.90. The Morgan fingerprint density at radius 2 is 1.74 bits per heavy atom. The van der Waals surface area contributed by atoms with E-state index in [1.807, 2.05) is 4.90 Å². The van der Waals surface area contributed by atoms with E-state index in [1.165, 1.54) is 0 Å². The molecule has 4 atom stereocenters. The Hall–Kier alpha value is -0.280. The van der Waals surface area contributed by atoms with Crippen LogP contribution in [0.2, 0.25) is 0 Å². The van der Waals surface area contributed by atoms with Crippen LogP contribution >= 0.6 is 0 Å². The van der Waals surface area contributed by atoms with Crippen LogP contribution < -0.4 is 0 Å². The first kappa shape index (κ1) is 15.1. The zero-order chi connectivity index (χ0) is 14.0. The Morgan fingerprint density at radius 3 is 2.26 bits per heavy atom. The first-order chi connectivity index (χ1) is 8.96. The highest BCUT2D eigenvalue weighted by molar-refractivity contribution is 4.94. The molecule has 2 rings (SSSR count). The zero-order valence-electron chi connectivity index (χ0n) is 11.4. The van der Waals surface area contributed by atoms with E-state index in [-0.39, 0.29) is 13.2 Å². The Morgan fingerprint density at radius 1 is 1.11 bits per heavy atom. The quantitative estimate of drug-likeness (QED) is 0.545. The molecule has 2 saturated heterocycles. The number of aliphatic hydroxyl groups is 3. The molecule has 0 bridgehead atoms. The fourth-order valence-electron chi connectivity index (χ4n) is 2.54. The van der Waals surface area contributed by atoms with Crippen molar-refractivity contribution in [3.63, 3.8) is 0 Å². The van der Waals surface area contributed by atoms with Crippen molar-refractivity contribution in [3.8, 4) is 0 Å². The van der Waals surface area contributed by atoms with Gasteiger partial charge in [0.1, 0.15) is 18.3 Å². The summed E-state index contributed by atoms with van der Waals surface area (Å²) in [4.78, 5) is 1.83. The third-order valence-electron chi connectivity index (χ3n) is 3.39. The molecule has 0 aromatic rings. The molecule has 2 aliphatic heterocycles. The summed E-state index contributed by atoms with van der Waals surface area (Å²) < 4.78 is 16.8. The first-order valence-corrected chi connectivity index (χ1v) is 6.60. The lowest BCUT2D eigenvalue weighted by molar-refractivity contribution is -0.216. The molecule has 2 aliphatic rings. The van der Waals surface area contributed by atoms with E-state index < -0.39 is 30.4 Å². The van der Waals surface area contributed by atoms with Crippen molar-refractivity contribution < 1.29 is 29.5 Å². The molecule has 0 aliphatic carbocycles. The molecule has 0 amide bonds. The average molecular weight is 277 g/mol. The molecule has 0 spiro atoms. The number of hydrogen-bond donors (Lipinski definition) is 3. The van der Waals surface area contributed by atoms with Crippen molar-refractivity contribution in [2.75, 3.05) is 32.8 Å². The van der Waals surface area contributed by atoms with Crippen LogP contribution in [0.15, 0.2) is 0 Å². The maximum atomic E-state index is 10.2. The second-order valence-corrected chi connectivity index (χ2v) is 5.38. The van der Waals surface area contributed by atoms with Gasteiger partial charge in [0.25, 0.3) is 0 Å². The third kappa shape index (κ3) is 3.43. The van der Waals surface area contributed by atoms with Gasteiger partial charge >= 0.3 is 0 Å². The predicted molar refractivity (Wildman–Crippen MR) is 65.3 cm³/mol. The highest BCUT2D eigenvalue weighted by atomic mass is 16.8. The minimum atomic E-state index is -0.772. The monoisotopic (exact) mass is 277 g/mol. The van der Waals surface area contributed by atoms with E-state index >= 15 is 0 Å². The van der Waals surface area contributed by atoms with Gasteiger partial charge in [-0.25, -0.2) is 0 Å². The van der Waals surface area contributed by atoms with Crippen LogP contribution in [0, 0.1) is 0 Å². The van der Waals surface area contributed by atoms with E-state index in [9.17, 15) is 5.11 Å². The second-order valence-electron chi connectivity index (χ2n) is 5.38. The van der Waals surface area contributed by atoms with Crippen LogP contribution in [0.5, 0.6) is 0 Å². The van der Waals surface area contributed by atoms with Gasteiger partial charge in [0.05, 0.1) is 13.2 Å². The topological polar surface area (TPSA) is 91.6 Å². The standard InChI is InChI=1S/C12H23NO6/c1-12(2)18-10-9(16)8(17-11(10)19-12)7-13(3-5-14)4-6-15/h8-11,14-16H,3-7H2,1-2H3. The lowest BCUT2D eigenvalue weighted by Crippen LogP contribution is -2.43. The number of fused-ring (bicyclic) bond motifs is 1. The first-order valence-electron chi connectivity index (χ1n) is 6.60. The predicted octanol–water partition coefficient (Wildman–Crippen LogP) is -1.49. The summed E-state index contributed by atoms with van der Waals surface area (Å²) >= 11 is 0. The van der Waals surface area contributed by atoms with Crippen LogP contribution in [0.3, 0.4) is 0 Å². The van der Waals surface area contributed by atoms with Crippen molar-refractivity contribution in [1.29, 1.82) is 0 Å². The van der Waals surface area contributed by atoms with Crippen molar-refractivity contribution >= 4 is 0 Å². The van der Waals surface area contributed by atoms with Gasteiger partial charge in [-0.1, -0.05) is 0 Å². The van der Waals surface area contributed by atoms with E-state index in [0.29, 0.717) is 19.6 Å². The van der Waals surface area contributed by atoms with E-state index in [2.05, 4.69) is 0 Å². The van der Waals surface area contributed by atoms with Crippen LogP contribution in [0.4, 0.5) is 0 Å². The van der Waals surface area contributed by atoms with E-state index in [0.717, 1.165) is 0 Å². The van der Waals surface area contributed by atoms with Crippen molar-refractivity contribution in [2.24, 2.45) is 0 Å². The molecule has 2 fully saturated rings.